The number of nitro benzene ring substituents is 1. The summed E-state index contributed by atoms with van der Waals surface area (Å²) in [6, 6.07) is 8.74. The molecule has 0 aliphatic carbocycles. The number of nitro groups is 1. The molecule has 22 heavy (non-hydrogen) atoms. The molecule has 0 radical (unpaired) electrons. The number of benzene rings is 1. The van der Waals surface area contributed by atoms with Crippen LogP contribution in [-0.2, 0) is 0 Å². The van der Waals surface area contributed by atoms with Crippen LogP contribution in [-0.4, -0.2) is 25.4 Å². The standard InChI is InChI=1S/C14H10N4O4/c15-12-11(8-3-5-9(6-4-8)18(21)22)16-13-10(14(19)20)2-1-7-17(12)13/h1-7H,15H2,(H,19,20). The molecule has 1 aromatic carbocycles. The fourth-order valence-corrected chi connectivity index (χ4v) is 2.21. The lowest BCUT2D eigenvalue weighted by Gasteiger charge is -2.00. The van der Waals surface area contributed by atoms with Gasteiger partial charge in [0.1, 0.15) is 17.1 Å². The van der Waals surface area contributed by atoms with Gasteiger partial charge < -0.3 is 10.8 Å². The van der Waals surface area contributed by atoms with Gasteiger partial charge in [-0.1, -0.05) is 0 Å². The molecule has 8 nitrogen and oxygen atoms in total. The van der Waals surface area contributed by atoms with Gasteiger partial charge in [-0.05, 0) is 24.3 Å². The van der Waals surface area contributed by atoms with Gasteiger partial charge in [-0.15, -0.1) is 0 Å². The van der Waals surface area contributed by atoms with Gasteiger partial charge in [0.15, 0.2) is 5.65 Å². The average molecular weight is 298 g/mol. The molecule has 0 unspecified atom stereocenters. The van der Waals surface area contributed by atoms with Crippen molar-refractivity contribution in [2.45, 2.75) is 0 Å². The number of anilines is 1. The van der Waals surface area contributed by atoms with E-state index in [2.05, 4.69) is 4.98 Å². The maximum absolute atomic E-state index is 11.2. The summed E-state index contributed by atoms with van der Waals surface area (Å²) in [6.07, 6.45) is 1.61. The molecule has 2 aromatic heterocycles. The molecule has 3 aromatic rings. The number of hydrogen-bond donors (Lipinski definition) is 2. The normalized spacial score (nSPS) is 10.7. The topological polar surface area (TPSA) is 124 Å². The van der Waals surface area contributed by atoms with Crippen LogP contribution in [0, 0.1) is 10.1 Å². The summed E-state index contributed by atoms with van der Waals surface area (Å²) in [6.45, 7) is 0. The molecular weight excluding hydrogens is 288 g/mol. The fourth-order valence-electron chi connectivity index (χ4n) is 2.21. The largest absolute Gasteiger partial charge is 0.478 e. The molecule has 0 aliphatic rings. The van der Waals surface area contributed by atoms with E-state index in [1.165, 1.54) is 34.7 Å². The predicted octanol–water partition coefficient (Wildman–Crippen LogP) is 2.19. The number of aromatic carboxylic acids is 1. The second-order valence-corrected chi connectivity index (χ2v) is 4.57. The summed E-state index contributed by atoms with van der Waals surface area (Å²) >= 11 is 0. The first-order chi connectivity index (χ1) is 10.5. The molecule has 0 spiro atoms. The number of nitrogens with zero attached hydrogens (tertiary/aromatic N) is 3. The van der Waals surface area contributed by atoms with E-state index >= 15 is 0 Å². The predicted molar refractivity (Wildman–Crippen MR) is 78.7 cm³/mol. The van der Waals surface area contributed by atoms with Crippen molar-refractivity contribution in [3.8, 4) is 11.3 Å². The van der Waals surface area contributed by atoms with E-state index in [9.17, 15) is 20.0 Å². The number of imidazole rings is 1. The van der Waals surface area contributed by atoms with Crippen LogP contribution in [0.25, 0.3) is 16.9 Å². The van der Waals surface area contributed by atoms with Crippen molar-refractivity contribution >= 4 is 23.1 Å². The number of pyridine rings is 1. The highest BCUT2D eigenvalue weighted by atomic mass is 16.6. The van der Waals surface area contributed by atoms with Crippen LogP contribution in [0.4, 0.5) is 11.5 Å². The van der Waals surface area contributed by atoms with Gasteiger partial charge >= 0.3 is 5.97 Å². The molecule has 0 saturated carbocycles. The lowest BCUT2D eigenvalue weighted by molar-refractivity contribution is -0.384. The summed E-state index contributed by atoms with van der Waals surface area (Å²) in [5.74, 6) is -0.835. The van der Waals surface area contributed by atoms with Gasteiger partial charge in [0.2, 0.25) is 0 Å². The van der Waals surface area contributed by atoms with Crippen LogP contribution in [0.5, 0.6) is 0 Å². The summed E-state index contributed by atoms with van der Waals surface area (Å²) in [5, 5.41) is 19.9. The van der Waals surface area contributed by atoms with Crippen molar-refractivity contribution < 1.29 is 14.8 Å². The third kappa shape index (κ3) is 2.03. The molecule has 0 bridgehead atoms. The monoisotopic (exact) mass is 298 g/mol. The van der Waals surface area contributed by atoms with Crippen molar-refractivity contribution in [1.82, 2.24) is 9.38 Å². The Morgan fingerprint density at radius 1 is 1.27 bits per heavy atom. The second kappa shape index (κ2) is 4.85. The molecule has 3 N–H and O–H groups in total. The van der Waals surface area contributed by atoms with Crippen molar-refractivity contribution in [3.63, 3.8) is 0 Å². The summed E-state index contributed by atoms with van der Waals surface area (Å²) in [7, 11) is 0. The molecular formula is C14H10N4O4. The maximum Gasteiger partial charge on any atom is 0.339 e. The van der Waals surface area contributed by atoms with E-state index in [1.54, 1.807) is 12.3 Å². The molecule has 0 atom stereocenters. The van der Waals surface area contributed by atoms with Crippen LogP contribution in [0.15, 0.2) is 42.6 Å². The van der Waals surface area contributed by atoms with E-state index in [4.69, 9.17) is 5.73 Å². The minimum absolute atomic E-state index is 0.0300. The quantitative estimate of drug-likeness (QED) is 0.564. The van der Waals surface area contributed by atoms with Gasteiger partial charge in [0.25, 0.3) is 5.69 Å². The van der Waals surface area contributed by atoms with Crippen molar-refractivity contribution in [2.75, 3.05) is 5.73 Å². The van der Waals surface area contributed by atoms with Gasteiger partial charge in [-0.3, -0.25) is 14.5 Å². The van der Waals surface area contributed by atoms with E-state index < -0.39 is 10.9 Å². The Morgan fingerprint density at radius 2 is 1.95 bits per heavy atom. The minimum Gasteiger partial charge on any atom is -0.478 e. The summed E-state index contributed by atoms with van der Waals surface area (Å²) < 4.78 is 1.47. The minimum atomic E-state index is -1.11. The molecule has 0 amide bonds. The Labute approximate surface area is 123 Å². The highest BCUT2D eigenvalue weighted by Gasteiger charge is 2.17. The Hall–Kier alpha value is -3.42. The SMILES string of the molecule is Nc1c(-c2ccc([N+](=O)[O-])cc2)nc2c(C(=O)O)cccn12. The number of rotatable bonds is 3. The number of non-ortho nitro benzene ring substituents is 1. The third-order valence-electron chi connectivity index (χ3n) is 3.27. The van der Waals surface area contributed by atoms with Crippen LogP contribution < -0.4 is 5.73 Å². The lowest BCUT2D eigenvalue weighted by atomic mass is 10.1. The van der Waals surface area contributed by atoms with Crippen molar-refractivity contribution in [2.24, 2.45) is 0 Å². The van der Waals surface area contributed by atoms with Gasteiger partial charge in [-0.2, -0.15) is 0 Å². The second-order valence-electron chi connectivity index (χ2n) is 4.57. The number of aromatic nitrogens is 2. The van der Waals surface area contributed by atoms with Gasteiger partial charge in [0.05, 0.1) is 4.92 Å². The first-order valence-electron chi connectivity index (χ1n) is 6.23. The van der Waals surface area contributed by atoms with Gasteiger partial charge in [-0.25, -0.2) is 9.78 Å². The maximum atomic E-state index is 11.2. The van der Waals surface area contributed by atoms with Crippen LogP contribution in [0.1, 0.15) is 10.4 Å². The number of carbonyl (C=O) groups is 1. The molecule has 0 saturated heterocycles. The number of nitrogen functional groups attached to an aromatic ring is 1. The van der Waals surface area contributed by atoms with Gasteiger partial charge in [0, 0.05) is 23.9 Å². The number of carboxylic acids is 1. The zero-order valence-electron chi connectivity index (χ0n) is 11.1. The van der Waals surface area contributed by atoms with Crippen molar-refractivity contribution in [3.05, 3.63) is 58.3 Å². The lowest BCUT2D eigenvalue weighted by Crippen LogP contribution is -2.01. The van der Waals surface area contributed by atoms with Crippen LogP contribution in [0.3, 0.4) is 0 Å². The van der Waals surface area contributed by atoms with Crippen LogP contribution >= 0.6 is 0 Å². The Bertz CT molecular complexity index is 899. The number of carboxylic acid groups (broad SMARTS) is 1. The van der Waals surface area contributed by atoms with Crippen molar-refractivity contribution in [1.29, 1.82) is 0 Å². The van der Waals surface area contributed by atoms with E-state index in [0.29, 0.717) is 11.3 Å². The zero-order chi connectivity index (χ0) is 15.9. The number of nitrogens with two attached hydrogens (primary N) is 1. The van der Waals surface area contributed by atoms with E-state index in [-0.39, 0.29) is 22.7 Å². The highest BCUT2D eigenvalue weighted by molar-refractivity contribution is 5.95. The molecule has 2 heterocycles. The first kappa shape index (κ1) is 13.6. The molecule has 0 fully saturated rings. The Kier molecular flexibility index (Phi) is 2.99. The third-order valence-corrected chi connectivity index (χ3v) is 3.27. The summed E-state index contributed by atoms with van der Waals surface area (Å²) in [4.78, 5) is 25.7. The van der Waals surface area contributed by atoms with E-state index in [1.807, 2.05) is 0 Å². The highest BCUT2D eigenvalue weighted by Crippen LogP contribution is 2.28. The molecule has 0 aliphatic heterocycles. The molecule has 110 valence electrons. The molecule has 8 heteroatoms. The van der Waals surface area contributed by atoms with E-state index in [0.717, 1.165) is 0 Å². The Balaban J connectivity index is 2.19. The fraction of sp³-hybridized carbons (Fsp3) is 0. The Morgan fingerprint density at radius 3 is 2.55 bits per heavy atom. The zero-order valence-corrected chi connectivity index (χ0v) is 11.1. The summed E-state index contributed by atoms with van der Waals surface area (Å²) in [5.41, 5.74) is 7.17. The smallest absolute Gasteiger partial charge is 0.339 e. The van der Waals surface area contributed by atoms with Crippen LogP contribution in [0.2, 0.25) is 0 Å². The molecule has 3 rings (SSSR count). The first-order valence-corrected chi connectivity index (χ1v) is 6.23. The number of fused-ring (bicyclic) bond motifs is 1. The number of hydrogen-bond acceptors (Lipinski definition) is 5. The average Bonchev–Trinajstić information content (AvgIpc) is 2.84.